The minimum atomic E-state index is -4.44. The fraction of sp³-hybridized carbons (Fsp3) is 0.379. The first-order valence-corrected chi connectivity index (χ1v) is 14.1. The van der Waals surface area contributed by atoms with Crippen LogP contribution in [-0.4, -0.2) is 65.4 Å². The lowest BCUT2D eigenvalue weighted by Crippen LogP contribution is -2.56. The number of rotatable bonds is 5. The molecule has 2 atom stereocenters. The fourth-order valence-electron chi connectivity index (χ4n) is 5.50. The smallest absolute Gasteiger partial charge is 0.339 e. The van der Waals surface area contributed by atoms with E-state index in [9.17, 15) is 27.2 Å². The monoisotopic (exact) mass is 574 g/mol. The van der Waals surface area contributed by atoms with Crippen molar-refractivity contribution in [2.24, 2.45) is 0 Å². The number of anilines is 1. The van der Waals surface area contributed by atoms with Crippen LogP contribution in [0.25, 0.3) is 0 Å². The molecule has 1 saturated heterocycles. The highest BCUT2D eigenvalue weighted by Gasteiger charge is 2.33. The van der Waals surface area contributed by atoms with Crippen LogP contribution in [0.4, 0.5) is 28.0 Å². The third kappa shape index (κ3) is 6.15. The molecule has 0 unspecified atom stereocenters. The maximum absolute atomic E-state index is 14.1. The van der Waals surface area contributed by atoms with E-state index in [1.165, 1.54) is 23.1 Å². The summed E-state index contributed by atoms with van der Waals surface area (Å²) in [7, 11) is 0. The Bertz CT molecular complexity index is 1360. The summed E-state index contributed by atoms with van der Waals surface area (Å²) < 4.78 is 52.5. The molecule has 1 fully saturated rings. The highest BCUT2D eigenvalue weighted by atomic mass is 32.1. The molecule has 5 rings (SSSR count). The molecule has 40 heavy (non-hydrogen) atoms. The molecule has 3 amide bonds. The largest absolute Gasteiger partial charge is 0.416 e. The van der Waals surface area contributed by atoms with Gasteiger partial charge in [0.2, 0.25) is 5.91 Å². The molecule has 2 aliphatic heterocycles. The van der Waals surface area contributed by atoms with Gasteiger partial charge in [0, 0.05) is 55.8 Å². The SMILES string of the molecule is C[C@@H]1CN(C(=O)CCN2CCc3sccc3[C@H]2c2cccc(F)c2)CCN1C(=O)Nc1ccc(C(F)(F)F)cc1. The van der Waals surface area contributed by atoms with Crippen LogP contribution in [0, 0.1) is 5.82 Å². The maximum atomic E-state index is 14.1. The van der Waals surface area contributed by atoms with Crippen molar-refractivity contribution >= 4 is 29.0 Å². The molecule has 212 valence electrons. The lowest BCUT2D eigenvalue weighted by molar-refractivity contribution is -0.137. The number of halogens is 4. The molecule has 0 radical (unpaired) electrons. The molecule has 11 heteroatoms. The standard InChI is InChI=1S/C29H30F4N4O2S/c1-19-18-36(14-15-37(19)28(39)34-23-7-5-21(6-8-23)29(31,32)33)26(38)10-13-35-12-9-25-24(11-16-40-25)27(35)20-3-2-4-22(30)17-20/h2-8,11,16-17,19,27H,9-10,12-15,18H2,1H3,(H,34,39)/t19-,27-/m1/s1. The highest BCUT2D eigenvalue weighted by Crippen LogP contribution is 2.38. The minimum absolute atomic E-state index is 0.0104. The molecule has 0 spiro atoms. The van der Waals surface area contributed by atoms with Crippen LogP contribution >= 0.6 is 11.3 Å². The number of nitrogens with zero attached hydrogens (tertiary/aromatic N) is 3. The van der Waals surface area contributed by atoms with Gasteiger partial charge in [-0.2, -0.15) is 13.2 Å². The van der Waals surface area contributed by atoms with Crippen molar-refractivity contribution in [3.05, 3.63) is 87.4 Å². The number of amides is 3. The Morgan fingerprint density at radius 2 is 1.82 bits per heavy atom. The molecule has 2 aliphatic rings. The molecule has 3 heterocycles. The summed E-state index contributed by atoms with van der Waals surface area (Å²) in [5.41, 5.74) is 1.52. The Morgan fingerprint density at radius 3 is 2.52 bits per heavy atom. The Morgan fingerprint density at radius 1 is 1.05 bits per heavy atom. The van der Waals surface area contributed by atoms with Crippen molar-refractivity contribution in [2.75, 3.05) is 38.0 Å². The molecule has 0 aliphatic carbocycles. The number of benzene rings is 2. The van der Waals surface area contributed by atoms with Crippen LogP contribution in [0.1, 0.15) is 41.0 Å². The van der Waals surface area contributed by atoms with E-state index in [1.54, 1.807) is 33.3 Å². The van der Waals surface area contributed by atoms with E-state index in [2.05, 4.69) is 21.7 Å². The van der Waals surface area contributed by atoms with E-state index < -0.39 is 17.8 Å². The average molecular weight is 575 g/mol. The summed E-state index contributed by atoms with van der Waals surface area (Å²) >= 11 is 1.70. The van der Waals surface area contributed by atoms with Gasteiger partial charge < -0.3 is 15.1 Å². The number of hydrogen-bond donors (Lipinski definition) is 1. The molecule has 1 aromatic heterocycles. The molecular weight excluding hydrogens is 544 g/mol. The summed E-state index contributed by atoms with van der Waals surface area (Å²) in [6.07, 6.45) is -3.26. The van der Waals surface area contributed by atoms with Crippen molar-refractivity contribution in [1.29, 1.82) is 0 Å². The highest BCUT2D eigenvalue weighted by molar-refractivity contribution is 7.10. The van der Waals surface area contributed by atoms with Crippen LogP contribution in [0.15, 0.2) is 60.0 Å². The van der Waals surface area contributed by atoms with Crippen molar-refractivity contribution in [2.45, 2.75) is 38.0 Å². The van der Waals surface area contributed by atoms with Gasteiger partial charge in [-0.3, -0.25) is 9.69 Å². The molecular formula is C29H30F4N4O2S. The van der Waals surface area contributed by atoms with Crippen LogP contribution < -0.4 is 5.32 Å². The zero-order valence-electron chi connectivity index (χ0n) is 22.0. The second-order valence-corrected chi connectivity index (χ2v) is 11.2. The predicted molar refractivity (Wildman–Crippen MR) is 146 cm³/mol. The summed E-state index contributed by atoms with van der Waals surface area (Å²) in [5.74, 6) is -0.297. The average Bonchev–Trinajstić information content (AvgIpc) is 3.40. The van der Waals surface area contributed by atoms with Gasteiger partial charge in [0.15, 0.2) is 0 Å². The predicted octanol–water partition coefficient (Wildman–Crippen LogP) is 6.01. The summed E-state index contributed by atoms with van der Waals surface area (Å²) in [4.78, 5) is 32.9. The first kappa shape index (κ1) is 28.1. The number of hydrogen-bond acceptors (Lipinski definition) is 4. The van der Waals surface area contributed by atoms with E-state index in [4.69, 9.17) is 0 Å². The molecule has 0 saturated carbocycles. The van der Waals surface area contributed by atoms with E-state index in [0.717, 1.165) is 36.2 Å². The summed E-state index contributed by atoms with van der Waals surface area (Å²) in [6.45, 7) is 4.18. The Labute approximate surface area is 234 Å². The molecule has 3 aromatic rings. The normalized spacial score (nSPS) is 19.8. The summed E-state index contributed by atoms with van der Waals surface area (Å²) in [5, 5.41) is 4.70. The summed E-state index contributed by atoms with van der Waals surface area (Å²) in [6, 6.07) is 12.2. The molecule has 0 bridgehead atoms. The Kier molecular flexibility index (Phi) is 8.14. The van der Waals surface area contributed by atoms with Gasteiger partial charge in [0.05, 0.1) is 11.6 Å². The number of urea groups is 1. The number of carbonyl (C=O) groups is 2. The fourth-order valence-corrected chi connectivity index (χ4v) is 6.40. The number of fused-ring (bicyclic) bond motifs is 1. The van der Waals surface area contributed by atoms with Gasteiger partial charge in [-0.05, 0) is 72.3 Å². The van der Waals surface area contributed by atoms with Crippen molar-refractivity contribution in [3.63, 3.8) is 0 Å². The van der Waals surface area contributed by atoms with Crippen LogP contribution in [0.2, 0.25) is 0 Å². The third-order valence-corrected chi connectivity index (χ3v) is 8.54. The number of thiophene rings is 1. The first-order valence-electron chi connectivity index (χ1n) is 13.2. The van der Waals surface area contributed by atoms with E-state index in [1.807, 2.05) is 13.0 Å². The number of piperazine rings is 1. The van der Waals surface area contributed by atoms with Crippen molar-refractivity contribution < 1.29 is 27.2 Å². The quantitative estimate of drug-likeness (QED) is 0.380. The molecule has 2 aromatic carbocycles. The lowest BCUT2D eigenvalue weighted by atomic mass is 9.93. The van der Waals surface area contributed by atoms with Crippen LogP contribution in [0.5, 0.6) is 0 Å². The number of nitrogens with one attached hydrogen (secondary N) is 1. The van der Waals surface area contributed by atoms with Crippen LogP contribution in [-0.2, 0) is 17.4 Å². The van der Waals surface area contributed by atoms with E-state index in [0.29, 0.717) is 32.6 Å². The van der Waals surface area contributed by atoms with E-state index in [-0.39, 0.29) is 29.5 Å². The Hall–Kier alpha value is -3.44. The third-order valence-electron chi connectivity index (χ3n) is 7.55. The van der Waals surface area contributed by atoms with Gasteiger partial charge in [-0.1, -0.05) is 12.1 Å². The van der Waals surface area contributed by atoms with E-state index >= 15 is 0 Å². The minimum Gasteiger partial charge on any atom is -0.339 e. The second kappa shape index (κ2) is 11.6. The number of carbonyl (C=O) groups excluding carboxylic acids is 2. The van der Waals surface area contributed by atoms with Gasteiger partial charge in [-0.25, -0.2) is 9.18 Å². The molecule has 6 nitrogen and oxygen atoms in total. The van der Waals surface area contributed by atoms with Crippen molar-refractivity contribution in [1.82, 2.24) is 14.7 Å². The molecule has 1 N–H and O–H groups in total. The lowest BCUT2D eigenvalue weighted by Gasteiger charge is -2.40. The maximum Gasteiger partial charge on any atom is 0.416 e. The zero-order chi connectivity index (χ0) is 28.4. The Balaban J connectivity index is 1.17. The van der Waals surface area contributed by atoms with Gasteiger partial charge in [0.1, 0.15) is 5.82 Å². The number of alkyl halides is 3. The zero-order valence-corrected chi connectivity index (χ0v) is 22.8. The van der Waals surface area contributed by atoms with Gasteiger partial charge in [0.25, 0.3) is 0 Å². The topological polar surface area (TPSA) is 55.9 Å². The first-order chi connectivity index (χ1) is 19.1. The van der Waals surface area contributed by atoms with Gasteiger partial charge in [-0.15, -0.1) is 11.3 Å². The second-order valence-electron chi connectivity index (χ2n) is 10.2. The van der Waals surface area contributed by atoms with Gasteiger partial charge >= 0.3 is 12.2 Å². The van der Waals surface area contributed by atoms with Crippen molar-refractivity contribution in [3.8, 4) is 0 Å². The van der Waals surface area contributed by atoms with Crippen LogP contribution in [0.3, 0.4) is 0 Å².